The Balaban J connectivity index is 3.28. The second kappa shape index (κ2) is 5.16. The van der Waals surface area contributed by atoms with Crippen molar-refractivity contribution in [2.45, 2.75) is 24.8 Å². The molecule has 1 rings (SSSR count). The molecule has 0 radical (unpaired) electrons. The van der Waals surface area contributed by atoms with E-state index in [2.05, 4.69) is 31.9 Å². The van der Waals surface area contributed by atoms with E-state index in [1.165, 1.54) is 4.31 Å². The highest BCUT2D eigenvalue weighted by Gasteiger charge is 2.25. The van der Waals surface area contributed by atoms with Crippen LogP contribution in [0.15, 0.2) is 32.0 Å². The molecule has 0 saturated carbocycles. The van der Waals surface area contributed by atoms with Crippen molar-refractivity contribution in [1.29, 1.82) is 0 Å². The summed E-state index contributed by atoms with van der Waals surface area (Å²) < 4.78 is 27.1. The zero-order valence-electron chi connectivity index (χ0n) is 9.24. The Hall–Kier alpha value is 0.0900. The third-order valence-corrected chi connectivity index (χ3v) is 5.78. The molecule has 6 heteroatoms. The molecule has 16 heavy (non-hydrogen) atoms. The molecule has 0 bridgehead atoms. The van der Waals surface area contributed by atoms with Crippen molar-refractivity contribution in [3.8, 4) is 0 Å². The topological polar surface area (TPSA) is 37.4 Å². The molecule has 0 atom stereocenters. The van der Waals surface area contributed by atoms with Crippen molar-refractivity contribution in [2.75, 3.05) is 7.05 Å². The van der Waals surface area contributed by atoms with Crippen LogP contribution in [0.2, 0.25) is 0 Å². The first-order chi connectivity index (χ1) is 7.26. The van der Waals surface area contributed by atoms with Crippen LogP contribution in [0.25, 0.3) is 0 Å². The Morgan fingerprint density at radius 1 is 1.25 bits per heavy atom. The van der Waals surface area contributed by atoms with E-state index in [9.17, 15) is 8.42 Å². The van der Waals surface area contributed by atoms with E-state index in [0.717, 1.165) is 4.47 Å². The van der Waals surface area contributed by atoms with Crippen LogP contribution in [-0.2, 0) is 10.0 Å². The summed E-state index contributed by atoms with van der Waals surface area (Å²) in [5.74, 6) is 0. The van der Waals surface area contributed by atoms with Crippen molar-refractivity contribution in [2.24, 2.45) is 0 Å². The van der Waals surface area contributed by atoms with Gasteiger partial charge in [-0.1, -0.05) is 15.9 Å². The van der Waals surface area contributed by atoms with Crippen molar-refractivity contribution >= 4 is 41.9 Å². The summed E-state index contributed by atoms with van der Waals surface area (Å²) in [7, 11) is -1.84. The SMILES string of the molecule is CC(C)N(C)S(=O)(=O)c1ccc(Br)cc1Br. The number of hydrogen-bond acceptors (Lipinski definition) is 2. The van der Waals surface area contributed by atoms with Crippen LogP contribution in [0.3, 0.4) is 0 Å². The minimum Gasteiger partial charge on any atom is -0.207 e. The molecular weight excluding hydrogens is 358 g/mol. The molecule has 0 aromatic heterocycles. The van der Waals surface area contributed by atoms with Crippen LogP contribution < -0.4 is 0 Å². The van der Waals surface area contributed by atoms with Crippen LogP contribution in [0, 0.1) is 0 Å². The normalized spacial score (nSPS) is 12.4. The maximum atomic E-state index is 12.2. The highest BCUT2D eigenvalue weighted by atomic mass is 79.9. The van der Waals surface area contributed by atoms with E-state index in [1.54, 1.807) is 25.2 Å². The first kappa shape index (κ1) is 14.2. The van der Waals surface area contributed by atoms with Gasteiger partial charge in [-0.2, -0.15) is 4.31 Å². The summed E-state index contributed by atoms with van der Waals surface area (Å²) in [5, 5.41) is 0. The third kappa shape index (κ3) is 2.85. The lowest BCUT2D eigenvalue weighted by atomic mass is 10.4. The standard InChI is InChI=1S/C10H13Br2NO2S/c1-7(2)13(3)16(14,15)10-5-4-8(11)6-9(10)12/h4-7H,1-3H3. The summed E-state index contributed by atoms with van der Waals surface area (Å²) in [6.45, 7) is 3.68. The molecule has 0 fully saturated rings. The predicted octanol–water partition coefficient (Wildman–Crippen LogP) is 3.24. The van der Waals surface area contributed by atoms with Crippen LogP contribution >= 0.6 is 31.9 Å². The Kier molecular flexibility index (Phi) is 4.57. The number of hydrogen-bond donors (Lipinski definition) is 0. The molecule has 0 spiro atoms. The van der Waals surface area contributed by atoms with Crippen LogP contribution in [0.4, 0.5) is 0 Å². The summed E-state index contributed by atoms with van der Waals surface area (Å²) in [4.78, 5) is 0.284. The molecule has 0 aliphatic carbocycles. The average Bonchev–Trinajstić information content (AvgIpc) is 2.15. The lowest BCUT2D eigenvalue weighted by molar-refractivity contribution is 0.410. The van der Waals surface area contributed by atoms with Gasteiger partial charge >= 0.3 is 0 Å². The maximum absolute atomic E-state index is 12.2. The highest BCUT2D eigenvalue weighted by Crippen LogP contribution is 2.28. The van der Waals surface area contributed by atoms with Crippen LogP contribution in [-0.4, -0.2) is 25.8 Å². The van der Waals surface area contributed by atoms with E-state index in [1.807, 2.05) is 13.8 Å². The van der Waals surface area contributed by atoms with Gasteiger partial charge in [-0.3, -0.25) is 0 Å². The molecule has 0 amide bonds. The lowest BCUT2D eigenvalue weighted by Gasteiger charge is -2.21. The van der Waals surface area contributed by atoms with Crippen LogP contribution in [0.1, 0.15) is 13.8 Å². The summed E-state index contributed by atoms with van der Waals surface area (Å²) in [6.07, 6.45) is 0. The van der Waals surface area contributed by atoms with Gasteiger partial charge < -0.3 is 0 Å². The van der Waals surface area contributed by atoms with Gasteiger partial charge in [0.2, 0.25) is 10.0 Å². The minimum absolute atomic E-state index is 0.0689. The van der Waals surface area contributed by atoms with E-state index in [-0.39, 0.29) is 10.9 Å². The lowest BCUT2D eigenvalue weighted by Crippen LogP contribution is -2.33. The number of halogens is 2. The molecule has 0 heterocycles. The summed E-state index contributed by atoms with van der Waals surface area (Å²) >= 11 is 6.56. The fourth-order valence-corrected chi connectivity index (χ4v) is 4.19. The largest absolute Gasteiger partial charge is 0.244 e. The van der Waals surface area contributed by atoms with E-state index in [0.29, 0.717) is 4.47 Å². The number of nitrogens with zero attached hydrogens (tertiary/aromatic N) is 1. The monoisotopic (exact) mass is 369 g/mol. The number of rotatable bonds is 3. The molecule has 3 nitrogen and oxygen atoms in total. The van der Waals surface area contributed by atoms with Crippen LogP contribution in [0.5, 0.6) is 0 Å². The first-order valence-corrected chi connectivity index (χ1v) is 7.72. The molecule has 90 valence electrons. The van der Waals surface area contributed by atoms with E-state index < -0.39 is 10.0 Å². The molecule has 0 aliphatic heterocycles. The Bertz CT molecular complexity index is 486. The van der Waals surface area contributed by atoms with Gasteiger partial charge in [0.25, 0.3) is 0 Å². The van der Waals surface area contributed by atoms with E-state index in [4.69, 9.17) is 0 Å². The van der Waals surface area contributed by atoms with Crippen molar-refractivity contribution in [1.82, 2.24) is 4.31 Å². The second-order valence-electron chi connectivity index (χ2n) is 3.69. The van der Waals surface area contributed by atoms with Gasteiger partial charge in [-0.05, 0) is 48.0 Å². The fourth-order valence-electron chi connectivity index (χ4n) is 1.12. The third-order valence-electron chi connectivity index (χ3n) is 2.28. The fraction of sp³-hybridized carbons (Fsp3) is 0.400. The predicted molar refractivity (Wildman–Crippen MR) is 71.9 cm³/mol. The van der Waals surface area contributed by atoms with Gasteiger partial charge in [0, 0.05) is 22.0 Å². The highest BCUT2D eigenvalue weighted by molar-refractivity contribution is 9.11. The van der Waals surface area contributed by atoms with Crippen molar-refractivity contribution in [3.63, 3.8) is 0 Å². The zero-order valence-corrected chi connectivity index (χ0v) is 13.2. The van der Waals surface area contributed by atoms with Crippen molar-refractivity contribution < 1.29 is 8.42 Å². The van der Waals surface area contributed by atoms with Gasteiger partial charge in [-0.15, -0.1) is 0 Å². The average molecular weight is 371 g/mol. The Morgan fingerprint density at radius 2 is 1.81 bits per heavy atom. The minimum atomic E-state index is -3.42. The number of benzene rings is 1. The molecule has 0 aliphatic rings. The van der Waals surface area contributed by atoms with E-state index >= 15 is 0 Å². The molecule has 0 unspecified atom stereocenters. The summed E-state index contributed by atoms with van der Waals surface area (Å²) in [5.41, 5.74) is 0. The van der Waals surface area contributed by atoms with Gasteiger partial charge in [0.15, 0.2) is 0 Å². The van der Waals surface area contributed by atoms with Crippen molar-refractivity contribution in [3.05, 3.63) is 27.1 Å². The molecule has 0 N–H and O–H groups in total. The molecule has 1 aromatic rings. The quantitative estimate of drug-likeness (QED) is 0.818. The molecular formula is C10H13Br2NO2S. The van der Waals surface area contributed by atoms with Gasteiger partial charge in [-0.25, -0.2) is 8.42 Å². The maximum Gasteiger partial charge on any atom is 0.244 e. The number of sulfonamides is 1. The first-order valence-electron chi connectivity index (χ1n) is 4.70. The van der Waals surface area contributed by atoms with Gasteiger partial charge in [0.05, 0.1) is 4.90 Å². The molecule has 0 saturated heterocycles. The smallest absolute Gasteiger partial charge is 0.207 e. The van der Waals surface area contributed by atoms with Gasteiger partial charge in [0.1, 0.15) is 0 Å². The molecule has 1 aromatic carbocycles. The summed E-state index contributed by atoms with van der Waals surface area (Å²) in [6, 6.07) is 4.95. The Morgan fingerprint density at radius 3 is 2.25 bits per heavy atom. The Labute approximate surface area is 113 Å². The zero-order chi connectivity index (χ0) is 12.5. The second-order valence-corrected chi connectivity index (χ2v) is 7.43.